The summed E-state index contributed by atoms with van der Waals surface area (Å²) in [5.41, 5.74) is 5.92. The average Bonchev–Trinajstić information content (AvgIpc) is 3.04. The normalized spacial score (nSPS) is 12.7. The Labute approximate surface area is 128 Å². The number of anilines is 1. The van der Waals surface area contributed by atoms with Gasteiger partial charge in [-0.15, -0.1) is 56.7 Å². The van der Waals surface area contributed by atoms with Crippen LogP contribution in [0.4, 0.5) is 5.00 Å². The van der Waals surface area contributed by atoms with Crippen molar-refractivity contribution in [1.82, 2.24) is 0 Å². The molecule has 0 aliphatic rings. The van der Waals surface area contributed by atoms with Crippen LogP contribution in [0.3, 0.4) is 0 Å². The minimum absolute atomic E-state index is 0.928. The molecule has 94 valence electrons. The summed E-state index contributed by atoms with van der Waals surface area (Å²) in [5, 5.41) is 0.928. The molecule has 0 aliphatic heterocycles. The second kappa shape index (κ2) is 3.51. The quantitative estimate of drug-likeness (QED) is 0.343. The minimum atomic E-state index is 0.928. The van der Waals surface area contributed by atoms with Gasteiger partial charge >= 0.3 is 0 Å². The second-order valence-electron chi connectivity index (χ2n) is 4.52. The van der Waals surface area contributed by atoms with Gasteiger partial charge in [-0.05, 0) is 19.1 Å². The third-order valence-electron chi connectivity index (χ3n) is 3.20. The first-order valence-corrected chi connectivity index (χ1v) is 9.82. The molecule has 0 aliphatic carbocycles. The molecule has 5 aromatic rings. The summed E-state index contributed by atoms with van der Waals surface area (Å²) in [4.78, 5) is 1.41. The maximum Gasteiger partial charge on any atom is 0.0877 e. The first kappa shape index (κ1) is 11.0. The summed E-state index contributed by atoms with van der Waals surface area (Å²) in [6.07, 6.45) is 0. The third-order valence-corrected chi connectivity index (χ3v) is 9.68. The van der Waals surface area contributed by atoms with Crippen LogP contribution in [0.25, 0.3) is 37.6 Å². The lowest BCUT2D eigenvalue weighted by Gasteiger charge is -1.78. The van der Waals surface area contributed by atoms with Gasteiger partial charge in [0.25, 0.3) is 0 Å². The van der Waals surface area contributed by atoms with Crippen LogP contribution in [-0.4, -0.2) is 0 Å². The fraction of sp³-hybridized carbons (Fsp3) is 0.0769. The summed E-state index contributed by atoms with van der Waals surface area (Å²) in [6, 6.07) is 4.43. The van der Waals surface area contributed by atoms with Crippen molar-refractivity contribution in [2.45, 2.75) is 6.92 Å². The maximum atomic E-state index is 5.92. The number of rotatable bonds is 0. The molecule has 0 saturated heterocycles. The van der Waals surface area contributed by atoms with Crippen LogP contribution < -0.4 is 5.73 Å². The molecule has 5 aromatic heterocycles. The van der Waals surface area contributed by atoms with Gasteiger partial charge in [0.1, 0.15) is 0 Å². The predicted octanol–water partition coefficient (Wildman–Crippen LogP) is 6.50. The van der Waals surface area contributed by atoms with Crippen molar-refractivity contribution in [2.75, 3.05) is 5.73 Å². The minimum Gasteiger partial charge on any atom is -0.391 e. The van der Waals surface area contributed by atoms with Crippen molar-refractivity contribution < 1.29 is 0 Å². The monoisotopic (exact) mass is 337 g/mol. The van der Waals surface area contributed by atoms with Gasteiger partial charge in [0.05, 0.1) is 33.2 Å². The molecule has 1 nitrogen and oxygen atoms in total. The molecule has 6 heteroatoms. The van der Waals surface area contributed by atoms with E-state index in [9.17, 15) is 0 Å². The number of nitrogens with two attached hydrogens (primary N) is 1. The molecule has 5 heterocycles. The Balaban J connectivity index is 2.04. The van der Waals surface area contributed by atoms with Gasteiger partial charge in [0.2, 0.25) is 0 Å². The molecule has 0 atom stereocenters. The van der Waals surface area contributed by atoms with E-state index in [0.29, 0.717) is 0 Å². The number of thiophene rings is 5. The lowest BCUT2D eigenvalue weighted by Crippen LogP contribution is -1.72. The molecule has 0 fully saturated rings. The number of nitrogen functional groups attached to an aromatic ring is 1. The first-order chi connectivity index (χ1) is 9.20. The van der Waals surface area contributed by atoms with Gasteiger partial charge in [0.15, 0.2) is 0 Å². The van der Waals surface area contributed by atoms with Crippen LogP contribution >= 0.6 is 56.7 Å². The van der Waals surface area contributed by atoms with E-state index in [1.807, 2.05) is 45.3 Å². The van der Waals surface area contributed by atoms with Crippen molar-refractivity contribution in [1.29, 1.82) is 0 Å². The largest absolute Gasteiger partial charge is 0.391 e. The smallest absolute Gasteiger partial charge is 0.0877 e. The van der Waals surface area contributed by atoms with E-state index in [2.05, 4.69) is 19.1 Å². The van der Waals surface area contributed by atoms with E-state index in [1.54, 1.807) is 11.3 Å². The number of aryl methyl sites for hydroxylation is 1. The summed E-state index contributed by atoms with van der Waals surface area (Å²) < 4.78 is 11.5. The predicted molar refractivity (Wildman–Crippen MR) is 95.0 cm³/mol. The summed E-state index contributed by atoms with van der Waals surface area (Å²) in [6.45, 7) is 2.19. The van der Waals surface area contributed by atoms with E-state index in [0.717, 1.165) is 5.00 Å². The van der Waals surface area contributed by atoms with Crippen LogP contribution in [0, 0.1) is 6.92 Å². The number of fused-ring (bicyclic) bond motifs is 7. The molecular formula is C13H7NS5. The van der Waals surface area contributed by atoms with Crippen LogP contribution in [0.15, 0.2) is 12.1 Å². The van der Waals surface area contributed by atoms with Crippen molar-refractivity contribution in [2.24, 2.45) is 0 Å². The molecule has 0 saturated carbocycles. The molecule has 0 radical (unpaired) electrons. The lowest BCUT2D eigenvalue weighted by molar-refractivity contribution is 1.66. The summed E-state index contributed by atoms with van der Waals surface area (Å²) >= 11 is 9.44. The van der Waals surface area contributed by atoms with Gasteiger partial charge in [-0.2, -0.15) is 0 Å². The SMILES string of the molecule is Cc1cc2sc3c(sc4c5sc(N)cc5sc43)c2s1. The van der Waals surface area contributed by atoms with Crippen LogP contribution in [0.2, 0.25) is 0 Å². The van der Waals surface area contributed by atoms with Gasteiger partial charge in [-0.1, -0.05) is 0 Å². The topological polar surface area (TPSA) is 26.0 Å². The van der Waals surface area contributed by atoms with E-state index < -0.39 is 0 Å². The first-order valence-electron chi connectivity index (χ1n) is 5.73. The Kier molecular flexibility index (Phi) is 2.04. The van der Waals surface area contributed by atoms with Crippen molar-refractivity contribution in [3.05, 3.63) is 17.0 Å². The molecule has 2 N–H and O–H groups in total. The Bertz CT molecular complexity index is 995. The van der Waals surface area contributed by atoms with Gasteiger partial charge in [-0.3, -0.25) is 0 Å². The zero-order valence-electron chi connectivity index (χ0n) is 9.77. The van der Waals surface area contributed by atoms with Gasteiger partial charge in [0, 0.05) is 14.3 Å². The average molecular weight is 338 g/mol. The summed E-state index contributed by atoms with van der Waals surface area (Å²) in [7, 11) is 0. The molecule has 19 heavy (non-hydrogen) atoms. The van der Waals surface area contributed by atoms with E-state index in [4.69, 9.17) is 5.73 Å². The zero-order valence-corrected chi connectivity index (χ0v) is 13.9. The highest BCUT2D eigenvalue weighted by molar-refractivity contribution is 7.48. The Hall–Kier alpha value is -0.660. The fourth-order valence-corrected chi connectivity index (χ4v) is 9.39. The highest BCUT2D eigenvalue weighted by Gasteiger charge is 2.18. The van der Waals surface area contributed by atoms with Gasteiger partial charge < -0.3 is 5.73 Å². The number of hydrogen-bond acceptors (Lipinski definition) is 6. The molecule has 0 spiro atoms. The molecule has 0 aromatic carbocycles. The Morgan fingerprint density at radius 3 is 2.00 bits per heavy atom. The highest BCUT2D eigenvalue weighted by Crippen LogP contribution is 2.53. The van der Waals surface area contributed by atoms with Crippen molar-refractivity contribution in [3.8, 4) is 0 Å². The van der Waals surface area contributed by atoms with Gasteiger partial charge in [-0.25, -0.2) is 0 Å². The van der Waals surface area contributed by atoms with Crippen molar-refractivity contribution in [3.63, 3.8) is 0 Å². The molecule has 0 bridgehead atoms. The van der Waals surface area contributed by atoms with Crippen LogP contribution in [0.1, 0.15) is 4.88 Å². The Morgan fingerprint density at radius 1 is 0.684 bits per heavy atom. The Morgan fingerprint density at radius 2 is 1.26 bits per heavy atom. The third kappa shape index (κ3) is 1.33. The lowest BCUT2D eigenvalue weighted by atomic mass is 10.4. The van der Waals surface area contributed by atoms with Crippen molar-refractivity contribution >= 4 is 99.3 Å². The highest BCUT2D eigenvalue weighted by atomic mass is 32.1. The fourth-order valence-electron chi connectivity index (χ4n) is 2.46. The maximum absolute atomic E-state index is 5.92. The number of hydrogen-bond donors (Lipinski definition) is 1. The van der Waals surface area contributed by atoms with E-state index in [1.165, 1.54) is 42.5 Å². The molecule has 5 rings (SSSR count). The summed E-state index contributed by atoms with van der Waals surface area (Å²) in [5.74, 6) is 0. The standard InChI is InChI=1S/C13H7NS5/c1-4-2-5-8(15-4)10-12(16-5)13-11(19-10)9-6(17-13)3-7(14)18-9/h2-3H,14H2,1H3. The van der Waals surface area contributed by atoms with Crippen LogP contribution in [0.5, 0.6) is 0 Å². The molecule has 0 unspecified atom stereocenters. The zero-order chi connectivity index (χ0) is 12.7. The molecule has 0 amide bonds. The van der Waals surface area contributed by atoms with E-state index in [-0.39, 0.29) is 0 Å². The second-order valence-corrected chi connectivity index (χ2v) is 9.98. The molecular weight excluding hydrogens is 330 g/mol. The van der Waals surface area contributed by atoms with E-state index >= 15 is 0 Å². The van der Waals surface area contributed by atoms with Crippen LogP contribution in [-0.2, 0) is 0 Å².